The van der Waals surface area contributed by atoms with E-state index in [0.717, 1.165) is 0 Å². The van der Waals surface area contributed by atoms with Crippen molar-refractivity contribution in [3.63, 3.8) is 0 Å². The maximum Gasteiger partial charge on any atom is 0.310 e. The molecule has 2 N–H and O–H groups in total. The van der Waals surface area contributed by atoms with Gasteiger partial charge in [0.15, 0.2) is 0 Å². The van der Waals surface area contributed by atoms with Crippen molar-refractivity contribution in [1.29, 1.82) is 0 Å². The van der Waals surface area contributed by atoms with Crippen LogP contribution in [0.15, 0.2) is 12.3 Å². The molecule has 0 aliphatic carbocycles. The van der Waals surface area contributed by atoms with Crippen molar-refractivity contribution in [3.05, 3.63) is 23.0 Å². The number of hydrogen-bond acceptors (Lipinski definition) is 2. The summed E-state index contributed by atoms with van der Waals surface area (Å²) in [7, 11) is 1.70. The number of amides is 1. The van der Waals surface area contributed by atoms with Crippen molar-refractivity contribution in [2.75, 3.05) is 6.54 Å². The van der Waals surface area contributed by atoms with E-state index in [1.807, 2.05) is 0 Å². The third-order valence-corrected chi connectivity index (χ3v) is 2.68. The predicted molar refractivity (Wildman–Crippen MR) is 64.2 cm³/mol. The number of aromatic nitrogens is 1. The average molecular weight is 259 g/mol. The number of carbonyl (C=O) groups excluding carboxylic acids is 1. The molecule has 1 amide bonds. The van der Waals surface area contributed by atoms with Crippen LogP contribution in [0.4, 0.5) is 0 Å². The van der Waals surface area contributed by atoms with Crippen molar-refractivity contribution < 1.29 is 14.7 Å². The molecular formula is C11H15ClN2O3. The van der Waals surface area contributed by atoms with E-state index < -0.39 is 11.4 Å². The zero-order valence-corrected chi connectivity index (χ0v) is 10.7. The van der Waals surface area contributed by atoms with E-state index in [1.165, 1.54) is 6.07 Å². The van der Waals surface area contributed by atoms with Gasteiger partial charge in [0.05, 0.1) is 10.4 Å². The van der Waals surface area contributed by atoms with Gasteiger partial charge in [0.25, 0.3) is 5.91 Å². The molecule has 0 saturated carbocycles. The number of aliphatic carboxylic acids is 1. The van der Waals surface area contributed by atoms with Gasteiger partial charge in [-0.1, -0.05) is 11.6 Å². The van der Waals surface area contributed by atoms with Gasteiger partial charge in [-0.15, -0.1) is 0 Å². The van der Waals surface area contributed by atoms with Crippen LogP contribution in [0.1, 0.15) is 24.3 Å². The first-order chi connectivity index (χ1) is 7.74. The Morgan fingerprint density at radius 1 is 1.53 bits per heavy atom. The largest absolute Gasteiger partial charge is 0.481 e. The smallest absolute Gasteiger partial charge is 0.310 e. The molecule has 1 rings (SSSR count). The second-order valence-electron chi connectivity index (χ2n) is 4.53. The topological polar surface area (TPSA) is 71.3 Å². The number of nitrogens with zero attached hydrogens (tertiary/aromatic N) is 1. The van der Waals surface area contributed by atoms with E-state index in [1.54, 1.807) is 31.7 Å². The first-order valence-electron chi connectivity index (χ1n) is 5.07. The van der Waals surface area contributed by atoms with Crippen LogP contribution in [0.5, 0.6) is 0 Å². The Bertz CT molecular complexity index is 452. The summed E-state index contributed by atoms with van der Waals surface area (Å²) in [5, 5.41) is 11.9. The minimum Gasteiger partial charge on any atom is -0.481 e. The second-order valence-corrected chi connectivity index (χ2v) is 4.96. The minimum atomic E-state index is -0.995. The summed E-state index contributed by atoms with van der Waals surface area (Å²) in [5.74, 6) is -1.29. The first-order valence-corrected chi connectivity index (χ1v) is 5.45. The Morgan fingerprint density at radius 3 is 2.53 bits per heavy atom. The van der Waals surface area contributed by atoms with Gasteiger partial charge in [-0.2, -0.15) is 0 Å². The fourth-order valence-corrected chi connectivity index (χ4v) is 1.47. The highest BCUT2D eigenvalue weighted by molar-refractivity contribution is 6.31. The fraction of sp³-hybridized carbons (Fsp3) is 0.455. The van der Waals surface area contributed by atoms with E-state index in [2.05, 4.69) is 5.32 Å². The first kappa shape index (κ1) is 13.6. The van der Waals surface area contributed by atoms with Gasteiger partial charge in [-0.3, -0.25) is 9.59 Å². The van der Waals surface area contributed by atoms with Crippen LogP contribution >= 0.6 is 11.6 Å². The Balaban J connectivity index is 2.68. The van der Waals surface area contributed by atoms with Crippen molar-refractivity contribution in [3.8, 4) is 0 Å². The molecule has 17 heavy (non-hydrogen) atoms. The number of halogens is 1. The van der Waals surface area contributed by atoms with Crippen LogP contribution in [-0.2, 0) is 11.8 Å². The highest BCUT2D eigenvalue weighted by Crippen LogP contribution is 2.15. The van der Waals surface area contributed by atoms with Crippen molar-refractivity contribution in [2.24, 2.45) is 12.5 Å². The Morgan fingerprint density at radius 2 is 2.12 bits per heavy atom. The molecule has 0 aliphatic heterocycles. The Kier molecular flexibility index (Phi) is 3.83. The number of carboxylic acid groups (broad SMARTS) is 1. The Labute approximate surface area is 104 Å². The normalized spacial score (nSPS) is 11.3. The van der Waals surface area contributed by atoms with Crippen LogP contribution in [0.2, 0.25) is 5.02 Å². The lowest BCUT2D eigenvalue weighted by atomic mass is 9.94. The SMILES string of the molecule is Cn1cc(Cl)cc1C(=O)NCC(C)(C)C(=O)O. The summed E-state index contributed by atoms with van der Waals surface area (Å²) >= 11 is 5.76. The fourth-order valence-electron chi connectivity index (χ4n) is 1.22. The van der Waals surface area contributed by atoms with Gasteiger partial charge in [-0.05, 0) is 19.9 Å². The lowest BCUT2D eigenvalue weighted by molar-refractivity contribution is -0.146. The molecule has 1 aromatic heterocycles. The van der Waals surface area contributed by atoms with Crippen LogP contribution in [0, 0.1) is 5.41 Å². The van der Waals surface area contributed by atoms with E-state index in [4.69, 9.17) is 16.7 Å². The number of nitrogens with one attached hydrogen (secondary N) is 1. The van der Waals surface area contributed by atoms with Crippen LogP contribution < -0.4 is 5.32 Å². The average Bonchev–Trinajstić information content (AvgIpc) is 2.54. The number of rotatable bonds is 4. The third kappa shape index (κ3) is 3.23. The molecule has 0 fully saturated rings. The number of carboxylic acids is 1. The van der Waals surface area contributed by atoms with Crippen LogP contribution in [0.25, 0.3) is 0 Å². The second kappa shape index (κ2) is 4.79. The van der Waals surface area contributed by atoms with Gasteiger partial charge in [-0.25, -0.2) is 0 Å². The molecule has 1 heterocycles. The maximum atomic E-state index is 11.8. The summed E-state index contributed by atoms with van der Waals surface area (Å²) < 4.78 is 1.59. The van der Waals surface area contributed by atoms with Gasteiger partial charge in [0.2, 0.25) is 0 Å². The zero-order chi connectivity index (χ0) is 13.2. The van der Waals surface area contributed by atoms with Crippen LogP contribution in [0.3, 0.4) is 0 Å². The molecule has 0 spiro atoms. The molecule has 1 aromatic rings. The third-order valence-electron chi connectivity index (χ3n) is 2.47. The number of hydrogen-bond donors (Lipinski definition) is 2. The van der Waals surface area contributed by atoms with Gasteiger partial charge in [0.1, 0.15) is 5.69 Å². The van der Waals surface area contributed by atoms with Crippen molar-refractivity contribution in [1.82, 2.24) is 9.88 Å². The summed E-state index contributed by atoms with van der Waals surface area (Å²) in [6.07, 6.45) is 1.61. The molecule has 6 heteroatoms. The van der Waals surface area contributed by atoms with Crippen molar-refractivity contribution in [2.45, 2.75) is 13.8 Å². The monoisotopic (exact) mass is 258 g/mol. The molecule has 94 valence electrons. The summed E-state index contributed by atoms with van der Waals surface area (Å²) in [4.78, 5) is 22.6. The van der Waals surface area contributed by atoms with E-state index in [-0.39, 0.29) is 12.5 Å². The highest BCUT2D eigenvalue weighted by Gasteiger charge is 2.28. The van der Waals surface area contributed by atoms with E-state index >= 15 is 0 Å². The highest BCUT2D eigenvalue weighted by atomic mass is 35.5. The number of carbonyl (C=O) groups is 2. The summed E-state index contributed by atoms with van der Waals surface area (Å²) in [6, 6.07) is 1.53. The van der Waals surface area contributed by atoms with Gasteiger partial charge < -0.3 is 15.0 Å². The molecule has 0 aliphatic rings. The predicted octanol–water partition coefficient (Wildman–Crippen LogP) is 1.52. The number of aryl methyl sites for hydroxylation is 1. The standard InChI is InChI=1S/C11H15ClN2O3/c1-11(2,10(16)17)6-13-9(15)8-4-7(12)5-14(8)3/h4-5H,6H2,1-3H3,(H,13,15)(H,16,17). The van der Waals surface area contributed by atoms with E-state index in [9.17, 15) is 9.59 Å². The summed E-state index contributed by atoms with van der Waals surface area (Å²) in [6.45, 7) is 3.16. The zero-order valence-electron chi connectivity index (χ0n) is 9.95. The lowest BCUT2D eigenvalue weighted by Crippen LogP contribution is -2.39. The van der Waals surface area contributed by atoms with E-state index in [0.29, 0.717) is 10.7 Å². The molecule has 0 aromatic carbocycles. The molecule has 0 saturated heterocycles. The maximum absolute atomic E-state index is 11.8. The molecule has 0 unspecified atom stereocenters. The molecular weight excluding hydrogens is 244 g/mol. The lowest BCUT2D eigenvalue weighted by Gasteiger charge is -2.19. The minimum absolute atomic E-state index is 0.0595. The van der Waals surface area contributed by atoms with Gasteiger partial charge in [0, 0.05) is 19.8 Å². The molecule has 5 nitrogen and oxygen atoms in total. The molecule has 0 radical (unpaired) electrons. The van der Waals surface area contributed by atoms with Gasteiger partial charge >= 0.3 is 5.97 Å². The van der Waals surface area contributed by atoms with Crippen LogP contribution in [-0.4, -0.2) is 28.1 Å². The van der Waals surface area contributed by atoms with Crippen molar-refractivity contribution >= 4 is 23.5 Å². The molecule has 0 bridgehead atoms. The quantitative estimate of drug-likeness (QED) is 0.860. The summed E-state index contributed by atoms with van der Waals surface area (Å²) in [5.41, 5.74) is -0.596. The Hall–Kier alpha value is -1.49. The molecule has 0 atom stereocenters.